The van der Waals surface area contributed by atoms with Crippen LogP contribution in [0.15, 0.2) is 42.5 Å². The third kappa shape index (κ3) is 3.53. The van der Waals surface area contributed by atoms with Crippen LogP contribution in [0.2, 0.25) is 0 Å². The number of piperidine rings is 1. The van der Waals surface area contributed by atoms with Gasteiger partial charge in [-0.15, -0.1) is 0 Å². The molecule has 2 aromatic carbocycles. The maximum Gasteiger partial charge on any atom is 0.171 e. The fourth-order valence-electron chi connectivity index (χ4n) is 4.87. The first-order valence-corrected chi connectivity index (χ1v) is 10.2. The van der Waals surface area contributed by atoms with Gasteiger partial charge in [-0.2, -0.15) is 0 Å². The lowest BCUT2D eigenvalue weighted by molar-refractivity contribution is 0.0702. The van der Waals surface area contributed by atoms with E-state index in [4.69, 9.17) is 9.47 Å². The molecule has 0 amide bonds. The van der Waals surface area contributed by atoms with E-state index in [1.807, 2.05) is 18.2 Å². The van der Waals surface area contributed by atoms with Crippen molar-refractivity contribution in [1.29, 1.82) is 0 Å². The largest absolute Gasteiger partial charge is 0.493 e. The molecular formula is C24H29NO3. The van der Waals surface area contributed by atoms with Gasteiger partial charge >= 0.3 is 0 Å². The second-order valence-corrected chi connectivity index (χ2v) is 8.15. The molecule has 28 heavy (non-hydrogen) atoms. The molecule has 1 fully saturated rings. The Labute approximate surface area is 167 Å². The molecule has 0 N–H and O–H groups in total. The van der Waals surface area contributed by atoms with Crippen LogP contribution in [0.4, 0.5) is 0 Å². The Hall–Kier alpha value is -2.33. The smallest absolute Gasteiger partial charge is 0.171 e. The van der Waals surface area contributed by atoms with Gasteiger partial charge in [0, 0.05) is 12.1 Å². The normalized spacial score (nSPS) is 22.1. The molecule has 1 aliphatic carbocycles. The van der Waals surface area contributed by atoms with Crippen LogP contribution in [0.5, 0.6) is 11.5 Å². The molecule has 1 atom stereocenters. The fraction of sp³-hybridized carbons (Fsp3) is 0.458. The second kappa shape index (κ2) is 7.96. The number of methoxy groups -OCH3 is 2. The number of fused-ring (bicyclic) bond motifs is 1. The number of carbonyl (C=O) groups is 1. The van der Waals surface area contributed by atoms with Crippen molar-refractivity contribution in [1.82, 2.24) is 4.90 Å². The van der Waals surface area contributed by atoms with Crippen molar-refractivity contribution in [3.05, 3.63) is 59.2 Å². The summed E-state index contributed by atoms with van der Waals surface area (Å²) in [4.78, 5) is 16.2. The van der Waals surface area contributed by atoms with Gasteiger partial charge < -0.3 is 14.4 Å². The molecule has 4 rings (SSSR count). The van der Waals surface area contributed by atoms with Gasteiger partial charge in [0.2, 0.25) is 0 Å². The van der Waals surface area contributed by atoms with E-state index in [-0.39, 0.29) is 5.78 Å². The summed E-state index contributed by atoms with van der Waals surface area (Å²) in [5.74, 6) is 1.57. The van der Waals surface area contributed by atoms with Gasteiger partial charge in [-0.1, -0.05) is 36.8 Å². The molecule has 0 spiro atoms. The molecule has 0 radical (unpaired) electrons. The Morgan fingerprint density at radius 3 is 2.32 bits per heavy atom. The van der Waals surface area contributed by atoms with Crippen LogP contribution in [-0.4, -0.2) is 44.5 Å². The molecule has 1 aliphatic heterocycles. The van der Waals surface area contributed by atoms with Gasteiger partial charge in [0.25, 0.3) is 0 Å². The van der Waals surface area contributed by atoms with Crippen molar-refractivity contribution < 1.29 is 14.3 Å². The summed E-state index contributed by atoms with van der Waals surface area (Å²) in [5.41, 5.74) is 2.68. The number of ketones is 1. The first kappa shape index (κ1) is 19.0. The fourth-order valence-corrected chi connectivity index (χ4v) is 4.87. The predicted octanol–water partition coefficient (Wildman–Crippen LogP) is 4.16. The summed E-state index contributed by atoms with van der Waals surface area (Å²) in [5, 5.41) is 0. The molecular weight excluding hydrogens is 350 g/mol. The van der Waals surface area contributed by atoms with E-state index < -0.39 is 5.41 Å². The Kier molecular flexibility index (Phi) is 5.40. The van der Waals surface area contributed by atoms with Crippen molar-refractivity contribution in [2.75, 3.05) is 33.9 Å². The Balaban J connectivity index is 1.71. The first-order valence-electron chi connectivity index (χ1n) is 10.2. The summed E-state index contributed by atoms with van der Waals surface area (Å²) < 4.78 is 10.9. The van der Waals surface area contributed by atoms with E-state index in [0.717, 1.165) is 43.6 Å². The summed E-state index contributed by atoms with van der Waals surface area (Å²) >= 11 is 0. The third-order valence-corrected chi connectivity index (χ3v) is 6.22. The minimum atomic E-state index is -0.418. The third-order valence-electron chi connectivity index (χ3n) is 6.22. The molecule has 148 valence electrons. The van der Waals surface area contributed by atoms with Crippen molar-refractivity contribution >= 4 is 5.78 Å². The van der Waals surface area contributed by atoms with E-state index in [2.05, 4.69) is 29.2 Å². The van der Waals surface area contributed by atoms with Gasteiger partial charge in [-0.05, 0) is 62.0 Å². The van der Waals surface area contributed by atoms with Crippen LogP contribution in [0, 0.1) is 5.41 Å². The zero-order valence-electron chi connectivity index (χ0n) is 16.9. The highest BCUT2D eigenvalue weighted by molar-refractivity contribution is 6.06. The lowest BCUT2D eigenvalue weighted by atomic mass is 9.77. The summed E-state index contributed by atoms with van der Waals surface area (Å²) in [7, 11) is 3.26. The van der Waals surface area contributed by atoms with Crippen LogP contribution in [-0.2, 0) is 12.8 Å². The van der Waals surface area contributed by atoms with Gasteiger partial charge in [-0.3, -0.25) is 4.79 Å². The number of likely N-dealkylation sites (tertiary alicyclic amines) is 1. The van der Waals surface area contributed by atoms with Crippen LogP contribution < -0.4 is 9.47 Å². The minimum absolute atomic E-state index is 0.248. The summed E-state index contributed by atoms with van der Waals surface area (Å²) in [6, 6.07) is 14.3. The zero-order chi connectivity index (χ0) is 19.6. The molecule has 1 saturated heterocycles. The topological polar surface area (TPSA) is 38.8 Å². The molecule has 0 saturated carbocycles. The Bertz CT molecular complexity index is 842. The number of nitrogens with zero attached hydrogens (tertiary/aromatic N) is 1. The van der Waals surface area contributed by atoms with Crippen LogP contribution in [0.25, 0.3) is 0 Å². The maximum atomic E-state index is 13.7. The number of Topliss-reactive ketones (excluding diaryl/α,β-unsaturated/α-hetero) is 1. The van der Waals surface area contributed by atoms with Crippen LogP contribution in [0.3, 0.4) is 0 Å². The highest BCUT2D eigenvalue weighted by Gasteiger charge is 2.47. The van der Waals surface area contributed by atoms with Crippen molar-refractivity contribution in [2.24, 2.45) is 5.41 Å². The second-order valence-electron chi connectivity index (χ2n) is 8.15. The molecule has 1 heterocycles. The molecule has 4 heteroatoms. The van der Waals surface area contributed by atoms with Crippen molar-refractivity contribution in [2.45, 2.75) is 32.1 Å². The lowest BCUT2D eigenvalue weighted by Crippen LogP contribution is -2.45. The van der Waals surface area contributed by atoms with Gasteiger partial charge in [0.05, 0.1) is 19.6 Å². The molecule has 2 aliphatic rings. The van der Waals surface area contributed by atoms with E-state index in [9.17, 15) is 4.79 Å². The van der Waals surface area contributed by atoms with E-state index >= 15 is 0 Å². The zero-order valence-corrected chi connectivity index (χ0v) is 16.9. The maximum absolute atomic E-state index is 13.7. The monoisotopic (exact) mass is 379 g/mol. The molecule has 2 aromatic rings. The first-order chi connectivity index (χ1) is 13.6. The summed E-state index contributed by atoms with van der Waals surface area (Å²) in [6.45, 7) is 3.00. The minimum Gasteiger partial charge on any atom is -0.493 e. The molecule has 0 aromatic heterocycles. The quantitative estimate of drug-likeness (QED) is 0.756. The molecule has 0 bridgehead atoms. The van der Waals surface area contributed by atoms with Gasteiger partial charge in [-0.25, -0.2) is 0 Å². The SMILES string of the molecule is COc1cc2c(cc1OC)C(=O)C(Cc1ccccc1)(CN1CCCCC1)C2. The van der Waals surface area contributed by atoms with Crippen molar-refractivity contribution in [3.8, 4) is 11.5 Å². The number of hydrogen-bond donors (Lipinski definition) is 0. The molecule has 4 nitrogen and oxygen atoms in total. The number of rotatable bonds is 6. The average Bonchev–Trinajstić information content (AvgIpc) is 2.99. The van der Waals surface area contributed by atoms with E-state index in [1.165, 1.54) is 24.8 Å². The Morgan fingerprint density at radius 1 is 0.964 bits per heavy atom. The van der Waals surface area contributed by atoms with Crippen LogP contribution in [0.1, 0.15) is 40.7 Å². The number of ether oxygens (including phenoxy) is 2. The average molecular weight is 380 g/mol. The van der Waals surface area contributed by atoms with Gasteiger partial charge in [0.1, 0.15) is 0 Å². The van der Waals surface area contributed by atoms with E-state index in [0.29, 0.717) is 11.5 Å². The lowest BCUT2D eigenvalue weighted by Gasteiger charge is -2.36. The highest BCUT2D eigenvalue weighted by Crippen LogP contribution is 2.44. The van der Waals surface area contributed by atoms with E-state index in [1.54, 1.807) is 14.2 Å². The number of benzene rings is 2. The standard InChI is InChI=1S/C24H29NO3/c1-27-21-13-19-16-24(15-18-9-5-3-6-10-18,17-25-11-7-4-8-12-25)23(26)20(19)14-22(21)28-2/h3,5-6,9-10,13-14H,4,7-8,11-12,15-17H2,1-2H3. The highest BCUT2D eigenvalue weighted by atomic mass is 16.5. The van der Waals surface area contributed by atoms with Crippen LogP contribution >= 0.6 is 0 Å². The number of hydrogen-bond acceptors (Lipinski definition) is 4. The summed E-state index contributed by atoms with van der Waals surface area (Å²) in [6.07, 6.45) is 5.27. The number of carbonyl (C=O) groups excluding carboxylic acids is 1. The Morgan fingerprint density at radius 2 is 1.64 bits per heavy atom. The van der Waals surface area contributed by atoms with Gasteiger partial charge in [0.15, 0.2) is 17.3 Å². The molecule has 1 unspecified atom stereocenters. The predicted molar refractivity (Wildman–Crippen MR) is 110 cm³/mol. The van der Waals surface area contributed by atoms with Crippen molar-refractivity contribution in [3.63, 3.8) is 0 Å².